The lowest BCUT2D eigenvalue weighted by Crippen LogP contribution is -2.56. The van der Waals surface area contributed by atoms with Gasteiger partial charge in [0, 0.05) is 56.5 Å². The first-order valence-electron chi connectivity index (χ1n) is 12.3. The number of nitriles is 1. The molecule has 5 heterocycles. The number of benzene rings is 1. The Labute approximate surface area is 200 Å². The number of anilines is 1. The number of nitrogens with one attached hydrogen (secondary N) is 1. The van der Waals surface area contributed by atoms with Gasteiger partial charge in [-0.1, -0.05) is 0 Å². The van der Waals surface area contributed by atoms with Gasteiger partial charge in [-0.25, -0.2) is 0 Å². The highest BCUT2D eigenvalue weighted by Gasteiger charge is 2.36. The van der Waals surface area contributed by atoms with Crippen LogP contribution in [0.15, 0.2) is 30.5 Å². The Kier molecular flexibility index (Phi) is 5.48. The predicted molar refractivity (Wildman–Crippen MR) is 131 cm³/mol. The highest BCUT2D eigenvalue weighted by molar-refractivity contribution is 5.95. The van der Waals surface area contributed by atoms with Crippen LogP contribution in [-0.2, 0) is 17.7 Å². The quantitative estimate of drug-likeness (QED) is 0.644. The number of hydrogen-bond donors (Lipinski definition) is 1. The molecule has 1 aromatic carbocycles. The van der Waals surface area contributed by atoms with Gasteiger partial charge in [0.05, 0.1) is 40.7 Å². The SMILES string of the molecule is Cc1nn(C2CN(C[C@H]3CN(c4ccc(C#N)c5ncccc45)C[C@@H](C)O3)C2)c2c1CCNC2. The van der Waals surface area contributed by atoms with E-state index in [-0.39, 0.29) is 12.2 Å². The molecule has 2 aromatic heterocycles. The maximum atomic E-state index is 9.49. The maximum absolute atomic E-state index is 9.49. The van der Waals surface area contributed by atoms with Crippen molar-refractivity contribution in [1.29, 1.82) is 5.26 Å². The van der Waals surface area contributed by atoms with Crippen LogP contribution in [0.1, 0.15) is 35.5 Å². The van der Waals surface area contributed by atoms with E-state index in [1.54, 1.807) is 6.20 Å². The van der Waals surface area contributed by atoms with Crippen molar-refractivity contribution in [3.05, 3.63) is 53.0 Å². The van der Waals surface area contributed by atoms with Gasteiger partial charge >= 0.3 is 0 Å². The molecule has 8 heteroatoms. The van der Waals surface area contributed by atoms with Crippen molar-refractivity contribution in [2.45, 2.75) is 45.1 Å². The summed E-state index contributed by atoms with van der Waals surface area (Å²) in [6.45, 7) is 10.9. The van der Waals surface area contributed by atoms with Crippen LogP contribution in [0.3, 0.4) is 0 Å². The third kappa shape index (κ3) is 3.74. The highest BCUT2D eigenvalue weighted by atomic mass is 16.5. The summed E-state index contributed by atoms with van der Waals surface area (Å²) < 4.78 is 8.63. The second kappa shape index (κ2) is 8.66. The molecule has 2 atom stereocenters. The van der Waals surface area contributed by atoms with Crippen molar-refractivity contribution in [1.82, 2.24) is 25.0 Å². The Balaban J connectivity index is 1.15. The van der Waals surface area contributed by atoms with Crippen molar-refractivity contribution in [3.8, 4) is 6.07 Å². The Bertz CT molecular complexity index is 1260. The van der Waals surface area contributed by atoms with Crippen LogP contribution in [0.4, 0.5) is 5.69 Å². The third-order valence-corrected chi connectivity index (χ3v) is 7.44. The number of pyridine rings is 1. The van der Waals surface area contributed by atoms with Crippen LogP contribution in [0.25, 0.3) is 10.9 Å². The lowest BCUT2D eigenvalue weighted by atomic mass is 10.0. The van der Waals surface area contributed by atoms with E-state index in [4.69, 9.17) is 9.84 Å². The molecule has 34 heavy (non-hydrogen) atoms. The van der Waals surface area contributed by atoms with E-state index in [2.05, 4.69) is 56.8 Å². The average Bonchev–Trinajstić information content (AvgIpc) is 3.16. The van der Waals surface area contributed by atoms with Crippen molar-refractivity contribution in [2.75, 3.05) is 44.2 Å². The van der Waals surface area contributed by atoms with Gasteiger partial charge < -0.3 is 15.0 Å². The van der Waals surface area contributed by atoms with E-state index in [0.29, 0.717) is 11.6 Å². The van der Waals surface area contributed by atoms with Crippen LogP contribution in [0.5, 0.6) is 0 Å². The van der Waals surface area contributed by atoms with Crippen LogP contribution < -0.4 is 10.2 Å². The van der Waals surface area contributed by atoms with E-state index in [1.165, 1.54) is 17.0 Å². The molecular weight excluding hydrogens is 426 g/mol. The molecule has 0 aliphatic carbocycles. The zero-order valence-corrected chi connectivity index (χ0v) is 19.9. The topological polar surface area (TPSA) is 82.2 Å². The second-order valence-electron chi connectivity index (χ2n) is 9.87. The zero-order valence-electron chi connectivity index (χ0n) is 19.9. The summed E-state index contributed by atoms with van der Waals surface area (Å²) in [6, 6.07) is 10.7. The molecule has 3 aromatic rings. The fourth-order valence-corrected chi connectivity index (χ4v) is 5.87. The lowest BCUT2D eigenvalue weighted by molar-refractivity contribution is -0.0492. The Morgan fingerprint density at radius 3 is 2.94 bits per heavy atom. The summed E-state index contributed by atoms with van der Waals surface area (Å²) >= 11 is 0. The van der Waals surface area contributed by atoms with E-state index >= 15 is 0 Å². The first-order valence-corrected chi connectivity index (χ1v) is 12.3. The first kappa shape index (κ1) is 21.5. The van der Waals surface area contributed by atoms with Crippen LogP contribution in [0, 0.1) is 18.3 Å². The van der Waals surface area contributed by atoms with Gasteiger partial charge in [0.15, 0.2) is 0 Å². The second-order valence-corrected chi connectivity index (χ2v) is 9.87. The van der Waals surface area contributed by atoms with E-state index < -0.39 is 0 Å². The smallest absolute Gasteiger partial charge is 0.101 e. The molecular formula is C26H31N7O. The number of likely N-dealkylation sites (tertiary alicyclic amines) is 1. The maximum Gasteiger partial charge on any atom is 0.101 e. The number of aromatic nitrogens is 3. The van der Waals surface area contributed by atoms with Crippen molar-refractivity contribution < 1.29 is 4.74 Å². The standard InChI is InChI=1S/C26H31N7O/c1-17-12-32(24-6-5-19(10-27)26-23(24)4-3-8-29-26)16-21(34-17)15-31-13-20(14-31)33-25-11-28-9-7-22(25)18(2)30-33/h3-6,8,17,20-21,28H,7,9,11-16H2,1-2H3/t17-,21+/m1/s1. The minimum atomic E-state index is 0.141. The summed E-state index contributed by atoms with van der Waals surface area (Å²) in [7, 11) is 0. The van der Waals surface area contributed by atoms with Crippen LogP contribution in [-0.4, -0.2) is 71.1 Å². The predicted octanol–water partition coefficient (Wildman–Crippen LogP) is 2.41. The largest absolute Gasteiger partial charge is 0.370 e. The minimum absolute atomic E-state index is 0.141. The number of morpholine rings is 1. The van der Waals surface area contributed by atoms with Gasteiger partial charge in [-0.05, 0) is 56.6 Å². The molecule has 176 valence electrons. The molecule has 0 spiro atoms. The molecule has 3 aliphatic rings. The van der Waals surface area contributed by atoms with Crippen molar-refractivity contribution >= 4 is 16.6 Å². The van der Waals surface area contributed by atoms with Crippen molar-refractivity contribution in [3.63, 3.8) is 0 Å². The Morgan fingerprint density at radius 2 is 2.09 bits per heavy atom. The summed E-state index contributed by atoms with van der Waals surface area (Å²) in [6.07, 6.45) is 3.12. The Hall–Kier alpha value is -2.99. The Morgan fingerprint density at radius 1 is 1.21 bits per heavy atom. The number of nitrogens with zero attached hydrogens (tertiary/aromatic N) is 6. The van der Waals surface area contributed by atoms with Gasteiger partial charge in [-0.15, -0.1) is 0 Å². The number of hydrogen-bond acceptors (Lipinski definition) is 7. The fraction of sp³-hybridized carbons (Fsp3) is 0.500. The number of ether oxygens (including phenoxy) is 1. The first-order chi connectivity index (χ1) is 16.6. The summed E-state index contributed by atoms with van der Waals surface area (Å²) in [4.78, 5) is 9.38. The van der Waals surface area contributed by atoms with Gasteiger partial charge in [0.1, 0.15) is 6.07 Å². The normalized spacial score (nSPS) is 23.5. The summed E-state index contributed by atoms with van der Waals surface area (Å²) in [5.74, 6) is 0. The van der Waals surface area contributed by atoms with Crippen LogP contribution in [0.2, 0.25) is 0 Å². The molecule has 2 fully saturated rings. The summed E-state index contributed by atoms with van der Waals surface area (Å²) in [5, 5.41) is 18.9. The molecule has 3 aliphatic heterocycles. The van der Waals surface area contributed by atoms with E-state index in [0.717, 1.165) is 68.8 Å². The number of aryl methyl sites for hydroxylation is 1. The van der Waals surface area contributed by atoms with Gasteiger partial charge in [-0.3, -0.25) is 14.6 Å². The lowest BCUT2D eigenvalue weighted by Gasteiger charge is -2.45. The summed E-state index contributed by atoms with van der Waals surface area (Å²) in [5.41, 5.74) is 6.55. The molecule has 0 saturated carbocycles. The molecule has 0 amide bonds. The van der Waals surface area contributed by atoms with Gasteiger partial charge in [-0.2, -0.15) is 10.4 Å². The molecule has 0 bridgehead atoms. The highest BCUT2D eigenvalue weighted by Crippen LogP contribution is 2.32. The number of rotatable bonds is 4. The molecule has 2 saturated heterocycles. The van der Waals surface area contributed by atoms with Gasteiger partial charge in [0.2, 0.25) is 0 Å². The molecule has 0 radical (unpaired) electrons. The van der Waals surface area contributed by atoms with Gasteiger partial charge in [0.25, 0.3) is 0 Å². The third-order valence-electron chi connectivity index (χ3n) is 7.44. The molecule has 8 nitrogen and oxygen atoms in total. The monoisotopic (exact) mass is 457 g/mol. The van der Waals surface area contributed by atoms with Crippen molar-refractivity contribution in [2.24, 2.45) is 0 Å². The van der Waals surface area contributed by atoms with E-state index in [9.17, 15) is 5.26 Å². The molecule has 6 rings (SSSR count). The minimum Gasteiger partial charge on any atom is -0.370 e. The molecule has 1 N–H and O–H groups in total. The number of fused-ring (bicyclic) bond motifs is 2. The fourth-order valence-electron chi connectivity index (χ4n) is 5.87. The zero-order chi connectivity index (χ0) is 23.2. The van der Waals surface area contributed by atoms with E-state index in [1.807, 2.05) is 12.1 Å². The van der Waals surface area contributed by atoms with Crippen LogP contribution >= 0.6 is 0 Å². The molecule has 0 unspecified atom stereocenters. The average molecular weight is 458 g/mol.